The van der Waals surface area contributed by atoms with Gasteiger partial charge in [0.1, 0.15) is 0 Å². The summed E-state index contributed by atoms with van der Waals surface area (Å²) in [4.78, 5) is 0. The predicted molar refractivity (Wildman–Crippen MR) is 123 cm³/mol. The largest absolute Gasteiger partial charge is 0.309 e. The van der Waals surface area contributed by atoms with Crippen LogP contribution in [0.2, 0.25) is 0 Å². The fraction of sp³-hybridized carbons (Fsp3) is 0.214. The van der Waals surface area contributed by atoms with Crippen LogP contribution in [0.15, 0.2) is 91.0 Å². The van der Waals surface area contributed by atoms with E-state index in [2.05, 4.69) is 95.6 Å². The third kappa shape index (κ3) is 3.42. The van der Waals surface area contributed by atoms with E-state index in [1.165, 1.54) is 66.7 Å². The Hall–Kier alpha value is -3.06. The number of aromatic nitrogens is 1. The van der Waals surface area contributed by atoms with Gasteiger partial charge in [0.05, 0.1) is 11.4 Å². The Balaban J connectivity index is 1.88. The number of hydrogen-bond acceptors (Lipinski definition) is 0. The summed E-state index contributed by atoms with van der Waals surface area (Å²) in [7, 11) is 0. The maximum Gasteiger partial charge on any atom is 0.0569 e. The molecule has 0 saturated carbocycles. The Morgan fingerprint density at radius 3 is 1.31 bits per heavy atom. The third-order valence-corrected chi connectivity index (χ3v) is 6.10. The Morgan fingerprint density at radius 2 is 0.862 bits per heavy atom. The smallest absolute Gasteiger partial charge is 0.0569 e. The monoisotopic (exact) mass is 377 g/mol. The van der Waals surface area contributed by atoms with E-state index in [9.17, 15) is 0 Å². The lowest BCUT2D eigenvalue weighted by Crippen LogP contribution is -2.00. The Labute approximate surface area is 173 Å². The number of hydrogen-bond donors (Lipinski definition) is 0. The zero-order chi connectivity index (χ0) is 19.5. The van der Waals surface area contributed by atoms with Gasteiger partial charge < -0.3 is 4.57 Å². The second kappa shape index (κ2) is 8.13. The standard InChI is InChI=1S/C28H27N/c1-2-13-21-26-25(20-12-1)27(22-14-6-3-7-15-22)29(24-18-10-5-11-19-24)28(26)23-16-8-4-9-17-23/h3-11,14-19H,1-2,12-13,20-21H2. The molecule has 0 fully saturated rings. The molecule has 5 rings (SSSR count). The van der Waals surface area contributed by atoms with Crippen LogP contribution in [0.5, 0.6) is 0 Å². The molecule has 1 heteroatoms. The molecule has 0 bridgehead atoms. The number of para-hydroxylation sites is 1. The normalized spacial score (nSPS) is 14.1. The summed E-state index contributed by atoms with van der Waals surface area (Å²) < 4.78 is 2.53. The van der Waals surface area contributed by atoms with Gasteiger partial charge in [0, 0.05) is 5.69 Å². The summed E-state index contributed by atoms with van der Waals surface area (Å²) in [5.41, 5.74) is 9.75. The van der Waals surface area contributed by atoms with Gasteiger partial charge in [-0.15, -0.1) is 0 Å². The van der Waals surface area contributed by atoms with E-state index in [1.54, 1.807) is 11.1 Å². The van der Waals surface area contributed by atoms with Gasteiger partial charge in [0.2, 0.25) is 0 Å². The van der Waals surface area contributed by atoms with Crippen molar-refractivity contribution in [2.45, 2.75) is 38.5 Å². The highest BCUT2D eigenvalue weighted by molar-refractivity contribution is 5.80. The first-order valence-electron chi connectivity index (χ1n) is 10.9. The van der Waals surface area contributed by atoms with Crippen LogP contribution in [-0.2, 0) is 12.8 Å². The highest BCUT2D eigenvalue weighted by Crippen LogP contribution is 2.42. The molecule has 0 amide bonds. The van der Waals surface area contributed by atoms with E-state index in [0.29, 0.717) is 0 Å². The van der Waals surface area contributed by atoms with Crippen molar-refractivity contribution in [2.24, 2.45) is 0 Å². The zero-order valence-corrected chi connectivity index (χ0v) is 16.9. The quantitative estimate of drug-likeness (QED) is 0.349. The molecule has 144 valence electrons. The summed E-state index contributed by atoms with van der Waals surface area (Å²) in [6.07, 6.45) is 7.56. The van der Waals surface area contributed by atoms with E-state index in [-0.39, 0.29) is 0 Å². The second-order valence-electron chi connectivity index (χ2n) is 7.97. The molecule has 0 radical (unpaired) electrons. The molecule has 1 nitrogen and oxygen atoms in total. The highest BCUT2D eigenvalue weighted by atomic mass is 15.0. The van der Waals surface area contributed by atoms with Crippen molar-refractivity contribution < 1.29 is 0 Å². The van der Waals surface area contributed by atoms with Gasteiger partial charge >= 0.3 is 0 Å². The molecule has 0 saturated heterocycles. The minimum atomic E-state index is 1.17. The summed E-state index contributed by atoms with van der Waals surface area (Å²) >= 11 is 0. The summed E-state index contributed by atoms with van der Waals surface area (Å²) in [6.45, 7) is 0. The topological polar surface area (TPSA) is 4.93 Å². The molecule has 29 heavy (non-hydrogen) atoms. The van der Waals surface area contributed by atoms with Gasteiger partial charge in [-0.25, -0.2) is 0 Å². The zero-order valence-electron chi connectivity index (χ0n) is 16.9. The van der Waals surface area contributed by atoms with Crippen molar-refractivity contribution in [3.8, 4) is 28.2 Å². The molecule has 1 heterocycles. The summed E-state index contributed by atoms with van der Waals surface area (Å²) in [5, 5.41) is 0. The lowest BCUT2D eigenvalue weighted by atomic mass is 9.91. The van der Waals surface area contributed by atoms with Gasteiger partial charge in [-0.2, -0.15) is 0 Å². The number of benzene rings is 3. The molecule has 3 aromatic carbocycles. The summed E-state index contributed by atoms with van der Waals surface area (Å²) in [6, 6.07) is 32.8. The van der Waals surface area contributed by atoms with Crippen LogP contribution in [0.25, 0.3) is 28.2 Å². The van der Waals surface area contributed by atoms with Crippen molar-refractivity contribution in [3.63, 3.8) is 0 Å². The van der Waals surface area contributed by atoms with Gasteiger partial charge in [0.15, 0.2) is 0 Å². The minimum Gasteiger partial charge on any atom is -0.309 e. The molecule has 0 unspecified atom stereocenters. The SMILES string of the molecule is c1ccc(-c2c3c(c(-c4ccccc4)n2-c2ccccc2)CCCCCC3)cc1. The Bertz CT molecular complexity index is 1010. The maximum atomic E-state index is 2.53. The van der Waals surface area contributed by atoms with Crippen LogP contribution >= 0.6 is 0 Å². The van der Waals surface area contributed by atoms with E-state index in [4.69, 9.17) is 0 Å². The molecule has 1 aromatic heterocycles. The van der Waals surface area contributed by atoms with Crippen molar-refractivity contribution in [3.05, 3.63) is 102 Å². The van der Waals surface area contributed by atoms with E-state index in [0.717, 1.165) is 0 Å². The van der Waals surface area contributed by atoms with Gasteiger partial charge in [-0.1, -0.05) is 91.7 Å². The molecule has 0 aliphatic heterocycles. The molecule has 0 spiro atoms. The van der Waals surface area contributed by atoms with Crippen molar-refractivity contribution in [1.29, 1.82) is 0 Å². The number of fused-ring (bicyclic) bond motifs is 1. The molecular weight excluding hydrogens is 350 g/mol. The fourth-order valence-corrected chi connectivity index (χ4v) is 4.80. The van der Waals surface area contributed by atoms with Crippen molar-refractivity contribution >= 4 is 0 Å². The second-order valence-corrected chi connectivity index (χ2v) is 7.97. The average Bonchev–Trinajstić information content (AvgIpc) is 3.08. The summed E-state index contributed by atoms with van der Waals surface area (Å²) in [5.74, 6) is 0. The molecule has 1 aliphatic rings. The lowest BCUT2D eigenvalue weighted by Gasteiger charge is -2.15. The molecule has 0 N–H and O–H groups in total. The third-order valence-electron chi connectivity index (χ3n) is 6.10. The molecule has 4 aromatic rings. The van der Waals surface area contributed by atoms with Gasteiger partial charge in [0.25, 0.3) is 0 Å². The first kappa shape index (κ1) is 18.0. The van der Waals surface area contributed by atoms with Crippen LogP contribution in [-0.4, -0.2) is 4.57 Å². The number of rotatable bonds is 3. The van der Waals surface area contributed by atoms with E-state index >= 15 is 0 Å². The van der Waals surface area contributed by atoms with Gasteiger partial charge in [-0.3, -0.25) is 0 Å². The van der Waals surface area contributed by atoms with Crippen LogP contribution in [0.3, 0.4) is 0 Å². The van der Waals surface area contributed by atoms with E-state index < -0.39 is 0 Å². The van der Waals surface area contributed by atoms with Crippen LogP contribution < -0.4 is 0 Å². The average molecular weight is 378 g/mol. The van der Waals surface area contributed by atoms with Crippen LogP contribution in [0, 0.1) is 0 Å². The van der Waals surface area contributed by atoms with Crippen molar-refractivity contribution in [2.75, 3.05) is 0 Å². The Morgan fingerprint density at radius 1 is 0.448 bits per heavy atom. The maximum absolute atomic E-state index is 2.53. The van der Waals surface area contributed by atoms with Gasteiger partial charge in [-0.05, 0) is 60.1 Å². The first-order chi connectivity index (χ1) is 14.4. The molecule has 1 aliphatic carbocycles. The van der Waals surface area contributed by atoms with Crippen molar-refractivity contribution in [1.82, 2.24) is 4.57 Å². The minimum absolute atomic E-state index is 1.17. The number of nitrogens with zero attached hydrogens (tertiary/aromatic N) is 1. The van der Waals surface area contributed by atoms with E-state index in [1.807, 2.05) is 0 Å². The predicted octanol–water partition coefficient (Wildman–Crippen LogP) is 7.47. The van der Waals surface area contributed by atoms with Crippen LogP contribution in [0.4, 0.5) is 0 Å². The Kier molecular flexibility index (Phi) is 5.04. The molecule has 0 atom stereocenters. The molecular formula is C28H27N. The lowest BCUT2D eigenvalue weighted by molar-refractivity contribution is 0.620. The highest BCUT2D eigenvalue weighted by Gasteiger charge is 2.25. The first-order valence-corrected chi connectivity index (χ1v) is 10.9. The van der Waals surface area contributed by atoms with Crippen LogP contribution in [0.1, 0.15) is 36.8 Å². The fourth-order valence-electron chi connectivity index (χ4n) is 4.80.